The van der Waals surface area contributed by atoms with Crippen molar-refractivity contribution < 1.29 is 19.0 Å². The number of methoxy groups -OCH3 is 1. The molecule has 0 saturated carbocycles. The number of carbonyl (C=O) groups is 1. The van der Waals surface area contributed by atoms with Gasteiger partial charge in [-0.3, -0.25) is 4.79 Å². The van der Waals surface area contributed by atoms with Crippen molar-refractivity contribution in [1.29, 1.82) is 0 Å². The van der Waals surface area contributed by atoms with Gasteiger partial charge in [0.15, 0.2) is 11.5 Å². The zero-order chi connectivity index (χ0) is 18.4. The highest BCUT2D eigenvalue weighted by Crippen LogP contribution is 2.31. The van der Waals surface area contributed by atoms with Crippen LogP contribution < -0.4 is 19.5 Å². The monoisotopic (exact) mass is 356 g/mol. The Morgan fingerprint density at radius 3 is 2.73 bits per heavy atom. The molecule has 1 amide bonds. The average molecular weight is 356 g/mol. The Balaban J connectivity index is 1.49. The second kappa shape index (κ2) is 8.58. The summed E-state index contributed by atoms with van der Waals surface area (Å²) in [5.74, 6) is 2.20. The van der Waals surface area contributed by atoms with Gasteiger partial charge in [-0.25, -0.2) is 0 Å². The summed E-state index contributed by atoms with van der Waals surface area (Å²) in [6.07, 6.45) is 0.402. The van der Waals surface area contributed by atoms with Crippen LogP contribution in [0.2, 0.25) is 0 Å². The SMILES string of the molecule is COc1ccccc1NC(=O)CCN(C)Cc1ccc2c(c1)OCCO2. The molecule has 1 heterocycles. The van der Waals surface area contributed by atoms with E-state index < -0.39 is 0 Å². The van der Waals surface area contributed by atoms with Gasteiger partial charge >= 0.3 is 0 Å². The van der Waals surface area contributed by atoms with Gasteiger partial charge in [0.25, 0.3) is 0 Å². The molecule has 1 aliphatic heterocycles. The Kier molecular flexibility index (Phi) is 5.96. The second-order valence-electron chi connectivity index (χ2n) is 6.21. The van der Waals surface area contributed by atoms with E-state index in [2.05, 4.69) is 10.2 Å². The number of ether oxygens (including phenoxy) is 3. The number of nitrogens with one attached hydrogen (secondary N) is 1. The van der Waals surface area contributed by atoms with E-state index in [-0.39, 0.29) is 5.91 Å². The van der Waals surface area contributed by atoms with Crippen molar-refractivity contribution in [3.05, 3.63) is 48.0 Å². The summed E-state index contributed by atoms with van der Waals surface area (Å²) in [5.41, 5.74) is 1.82. The summed E-state index contributed by atoms with van der Waals surface area (Å²) in [5, 5.41) is 2.89. The molecule has 0 spiro atoms. The molecule has 2 aromatic rings. The first-order valence-corrected chi connectivity index (χ1v) is 8.65. The number of fused-ring (bicyclic) bond motifs is 1. The van der Waals surface area contributed by atoms with Gasteiger partial charge in [0, 0.05) is 19.5 Å². The van der Waals surface area contributed by atoms with E-state index in [1.807, 2.05) is 49.5 Å². The van der Waals surface area contributed by atoms with Crippen LogP contribution in [0, 0.1) is 0 Å². The van der Waals surface area contributed by atoms with Crippen molar-refractivity contribution in [2.24, 2.45) is 0 Å². The van der Waals surface area contributed by atoms with Crippen molar-refractivity contribution >= 4 is 11.6 Å². The maximum absolute atomic E-state index is 12.2. The van der Waals surface area contributed by atoms with Crippen LogP contribution in [0.3, 0.4) is 0 Å². The summed E-state index contributed by atoms with van der Waals surface area (Å²) < 4.78 is 16.4. The predicted octanol–water partition coefficient (Wildman–Crippen LogP) is 2.93. The van der Waals surface area contributed by atoms with Crippen LogP contribution in [-0.4, -0.2) is 44.7 Å². The van der Waals surface area contributed by atoms with Crippen molar-refractivity contribution in [2.45, 2.75) is 13.0 Å². The molecule has 0 bridgehead atoms. The Morgan fingerprint density at radius 1 is 1.15 bits per heavy atom. The number of rotatable bonds is 7. The number of hydrogen-bond donors (Lipinski definition) is 1. The van der Waals surface area contributed by atoms with Crippen LogP contribution >= 0.6 is 0 Å². The van der Waals surface area contributed by atoms with Crippen molar-refractivity contribution in [3.8, 4) is 17.2 Å². The van der Waals surface area contributed by atoms with Gasteiger partial charge in [-0.2, -0.15) is 0 Å². The third-order valence-electron chi connectivity index (χ3n) is 4.16. The highest BCUT2D eigenvalue weighted by Gasteiger charge is 2.13. The van der Waals surface area contributed by atoms with E-state index in [1.54, 1.807) is 7.11 Å². The predicted molar refractivity (Wildman–Crippen MR) is 100 cm³/mol. The van der Waals surface area contributed by atoms with E-state index in [0.717, 1.165) is 23.6 Å². The molecule has 6 nitrogen and oxygen atoms in total. The highest BCUT2D eigenvalue weighted by atomic mass is 16.6. The molecular formula is C20H24N2O4. The first kappa shape index (κ1) is 18.1. The third kappa shape index (κ3) is 4.67. The highest BCUT2D eigenvalue weighted by molar-refractivity contribution is 5.92. The Hall–Kier alpha value is -2.73. The van der Waals surface area contributed by atoms with Gasteiger partial charge in [0.05, 0.1) is 12.8 Å². The van der Waals surface area contributed by atoms with Crippen LogP contribution in [0.4, 0.5) is 5.69 Å². The van der Waals surface area contributed by atoms with E-state index in [9.17, 15) is 4.79 Å². The van der Waals surface area contributed by atoms with Gasteiger partial charge in [0.2, 0.25) is 5.91 Å². The van der Waals surface area contributed by atoms with E-state index >= 15 is 0 Å². The number of hydrogen-bond acceptors (Lipinski definition) is 5. The fourth-order valence-corrected chi connectivity index (χ4v) is 2.83. The minimum atomic E-state index is -0.0384. The fraction of sp³-hybridized carbons (Fsp3) is 0.350. The normalized spacial score (nSPS) is 12.7. The van der Waals surface area contributed by atoms with E-state index in [4.69, 9.17) is 14.2 Å². The molecule has 6 heteroatoms. The number of carbonyl (C=O) groups excluding carboxylic acids is 1. The van der Waals surface area contributed by atoms with E-state index in [1.165, 1.54) is 0 Å². The smallest absolute Gasteiger partial charge is 0.225 e. The van der Waals surface area contributed by atoms with Crippen molar-refractivity contribution in [1.82, 2.24) is 4.90 Å². The van der Waals surface area contributed by atoms with Crippen LogP contribution in [0.25, 0.3) is 0 Å². The van der Waals surface area contributed by atoms with Crippen LogP contribution in [0.15, 0.2) is 42.5 Å². The number of anilines is 1. The summed E-state index contributed by atoms with van der Waals surface area (Å²) in [7, 11) is 3.58. The Morgan fingerprint density at radius 2 is 1.92 bits per heavy atom. The maximum atomic E-state index is 12.2. The molecule has 1 N–H and O–H groups in total. The Bertz CT molecular complexity index is 763. The molecule has 2 aromatic carbocycles. The first-order valence-electron chi connectivity index (χ1n) is 8.65. The molecule has 0 atom stereocenters. The summed E-state index contributed by atoms with van der Waals surface area (Å²) in [4.78, 5) is 14.3. The molecular weight excluding hydrogens is 332 g/mol. The molecule has 0 radical (unpaired) electrons. The number of nitrogens with zero attached hydrogens (tertiary/aromatic N) is 1. The first-order chi connectivity index (χ1) is 12.7. The number of benzene rings is 2. The van der Waals surface area contributed by atoms with Gasteiger partial charge in [-0.05, 0) is 36.9 Å². The zero-order valence-corrected chi connectivity index (χ0v) is 15.2. The van der Waals surface area contributed by atoms with E-state index in [0.29, 0.717) is 37.6 Å². The van der Waals surface area contributed by atoms with Crippen LogP contribution in [0.5, 0.6) is 17.2 Å². The van der Waals surface area contributed by atoms with Gasteiger partial charge in [-0.1, -0.05) is 18.2 Å². The molecule has 0 saturated heterocycles. The fourth-order valence-electron chi connectivity index (χ4n) is 2.83. The zero-order valence-electron chi connectivity index (χ0n) is 15.2. The lowest BCUT2D eigenvalue weighted by molar-refractivity contribution is -0.116. The average Bonchev–Trinajstić information content (AvgIpc) is 2.67. The maximum Gasteiger partial charge on any atom is 0.225 e. The van der Waals surface area contributed by atoms with Crippen molar-refractivity contribution in [2.75, 3.05) is 39.2 Å². The lowest BCUT2D eigenvalue weighted by Gasteiger charge is -2.21. The van der Waals surface area contributed by atoms with Gasteiger partial charge in [0.1, 0.15) is 19.0 Å². The molecule has 26 heavy (non-hydrogen) atoms. The van der Waals surface area contributed by atoms with Crippen molar-refractivity contribution in [3.63, 3.8) is 0 Å². The lowest BCUT2D eigenvalue weighted by Crippen LogP contribution is -2.24. The van der Waals surface area contributed by atoms with Gasteiger partial charge in [-0.15, -0.1) is 0 Å². The standard InChI is InChI=1S/C20H24N2O4/c1-22(14-15-7-8-18-19(13-15)26-12-11-25-18)10-9-20(23)21-16-5-3-4-6-17(16)24-2/h3-8,13H,9-12,14H2,1-2H3,(H,21,23). The minimum Gasteiger partial charge on any atom is -0.495 e. The second-order valence-corrected chi connectivity index (χ2v) is 6.21. The lowest BCUT2D eigenvalue weighted by atomic mass is 10.2. The topological polar surface area (TPSA) is 60.0 Å². The molecule has 0 unspecified atom stereocenters. The molecule has 1 aliphatic rings. The van der Waals surface area contributed by atoms with Crippen LogP contribution in [0.1, 0.15) is 12.0 Å². The molecule has 3 rings (SSSR count). The number of amides is 1. The third-order valence-corrected chi connectivity index (χ3v) is 4.16. The minimum absolute atomic E-state index is 0.0384. The summed E-state index contributed by atoms with van der Waals surface area (Å²) >= 11 is 0. The molecule has 138 valence electrons. The number of para-hydroxylation sites is 2. The van der Waals surface area contributed by atoms with Crippen LogP contribution in [-0.2, 0) is 11.3 Å². The summed E-state index contributed by atoms with van der Waals surface area (Å²) in [6.45, 7) is 2.55. The molecule has 0 aliphatic carbocycles. The largest absolute Gasteiger partial charge is 0.495 e. The Labute approximate surface area is 153 Å². The van der Waals surface area contributed by atoms with Gasteiger partial charge < -0.3 is 24.4 Å². The summed E-state index contributed by atoms with van der Waals surface area (Å²) in [6, 6.07) is 13.4. The molecule has 0 aromatic heterocycles. The molecule has 0 fully saturated rings. The quantitative estimate of drug-likeness (QED) is 0.827.